The second kappa shape index (κ2) is 6.25. The molecule has 3 rings (SSSR count). The van der Waals surface area contributed by atoms with Gasteiger partial charge in [-0.2, -0.15) is 0 Å². The Hall–Kier alpha value is -2.25. The highest BCUT2D eigenvalue weighted by Gasteiger charge is 2.27. The number of fused-ring (bicyclic) bond motifs is 1. The molecule has 1 atom stereocenters. The Morgan fingerprint density at radius 2 is 2.36 bits per heavy atom. The molecule has 1 aliphatic heterocycles. The Kier molecular flexibility index (Phi) is 4.17. The lowest BCUT2D eigenvalue weighted by molar-refractivity contribution is -0.125. The fourth-order valence-corrected chi connectivity index (χ4v) is 2.82. The predicted molar refractivity (Wildman–Crippen MR) is 77.8 cm³/mol. The number of aromatic amines is 1. The van der Waals surface area contributed by atoms with Crippen molar-refractivity contribution in [2.75, 3.05) is 24.5 Å². The molecule has 1 fully saturated rings. The zero-order valence-corrected chi connectivity index (χ0v) is 11.9. The number of aromatic nitrogens is 3. The van der Waals surface area contributed by atoms with Crippen molar-refractivity contribution in [1.82, 2.24) is 20.3 Å². The Balaban J connectivity index is 1.73. The van der Waals surface area contributed by atoms with Gasteiger partial charge in [-0.25, -0.2) is 18.7 Å². The van der Waals surface area contributed by atoms with Gasteiger partial charge in [-0.15, -0.1) is 0 Å². The van der Waals surface area contributed by atoms with Crippen molar-refractivity contribution >= 4 is 22.8 Å². The first-order valence-electron chi connectivity index (χ1n) is 7.24. The molecular formula is C14H17F2N5O. The Morgan fingerprint density at radius 1 is 1.50 bits per heavy atom. The van der Waals surface area contributed by atoms with E-state index in [1.807, 2.05) is 11.0 Å². The molecule has 1 unspecified atom stereocenters. The molecule has 1 amide bonds. The van der Waals surface area contributed by atoms with E-state index < -0.39 is 13.0 Å². The number of hydrogen-bond donors (Lipinski definition) is 2. The van der Waals surface area contributed by atoms with Crippen LogP contribution in [0.15, 0.2) is 18.6 Å². The summed E-state index contributed by atoms with van der Waals surface area (Å²) in [6.07, 6.45) is 2.27. The number of H-pyrrole nitrogens is 1. The molecule has 1 saturated heterocycles. The summed E-state index contributed by atoms with van der Waals surface area (Å²) in [6.45, 7) is 0.674. The average Bonchev–Trinajstić information content (AvgIpc) is 3.01. The highest BCUT2D eigenvalue weighted by molar-refractivity contribution is 5.88. The SMILES string of the molecule is O=C(NCC(F)F)C1CCCN(c2ncnc3[nH]ccc23)C1. The minimum Gasteiger partial charge on any atom is -0.355 e. The van der Waals surface area contributed by atoms with E-state index in [2.05, 4.69) is 20.3 Å². The molecule has 2 aromatic rings. The van der Waals surface area contributed by atoms with Crippen LogP contribution in [0.4, 0.5) is 14.6 Å². The molecule has 0 aromatic carbocycles. The van der Waals surface area contributed by atoms with Crippen molar-refractivity contribution in [2.45, 2.75) is 19.3 Å². The monoisotopic (exact) mass is 309 g/mol. The number of alkyl halides is 2. The van der Waals surface area contributed by atoms with Crippen molar-refractivity contribution in [3.8, 4) is 0 Å². The molecule has 2 aromatic heterocycles. The number of rotatable bonds is 4. The minimum atomic E-state index is -2.52. The minimum absolute atomic E-state index is 0.295. The number of nitrogens with zero attached hydrogens (tertiary/aromatic N) is 3. The van der Waals surface area contributed by atoms with Crippen LogP contribution in [0.3, 0.4) is 0 Å². The van der Waals surface area contributed by atoms with Gasteiger partial charge in [0.25, 0.3) is 6.43 Å². The highest BCUT2D eigenvalue weighted by atomic mass is 19.3. The lowest BCUT2D eigenvalue weighted by atomic mass is 9.97. The van der Waals surface area contributed by atoms with Crippen molar-refractivity contribution in [1.29, 1.82) is 0 Å². The largest absolute Gasteiger partial charge is 0.355 e. The summed E-state index contributed by atoms with van der Waals surface area (Å²) >= 11 is 0. The van der Waals surface area contributed by atoms with Gasteiger partial charge in [0.15, 0.2) is 0 Å². The zero-order valence-electron chi connectivity index (χ0n) is 11.9. The van der Waals surface area contributed by atoms with Gasteiger partial charge in [0.2, 0.25) is 5.91 Å². The predicted octanol–water partition coefficient (Wildman–Crippen LogP) is 1.56. The van der Waals surface area contributed by atoms with Crippen LogP contribution in [0.1, 0.15) is 12.8 Å². The maximum absolute atomic E-state index is 12.2. The number of piperidine rings is 1. The Bertz CT molecular complexity index is 659. The second-order valence-electron chi connectivity index (χ2n) is 5.36. The topological polar surface area (TPSA) is 73.9 Å². The number of hydrogen-bond acceptors (Lipinski definition) is 4. The van der Waals surface area contributed by atoms with E-state index in [4.69, 9.17) is 0 Å². The Morgan fingerprint density at radius 3 is 3.18 bits per heavy atom. The lowest BCUT2D eigenvalue weighted by Crippen LogP contribution is -2.44. The molecular weight excluding hydrogens is 292 g/mol. The maximum Gasteiger partial charge on any atom is 0.255 e. The van der Waals surface area contributed by atoms with E-state index in [1.165, 1.54) is 6.33 Å². The fourth-order valence-electron chi connectivity index (χ4n) is 2.82. The molecule has 8 heteroatoms. The number of anilines is 1. The normalized spacial score (nSPS) is 18.9. The Labute approximate surface area is 125 Å². The van der Waals surface area contributed by atoms with Crippen LogP contribution in [0.25, 0.3) is 11.0 Å². The van der Waals surface area contributed by atoms with Crippen LogP contribution >= 0.6 is 0 Å². The first-order valence-corrected chi connectivity index (χ1v) is 7.24. The standard InChI is InChI=1S/C14H17F2N5O/c15-11(16)6-18-14(22)9-2-1-5-21(7-9)13-10-3-4-17-12(10)19-8-20-13/h3-4,8-9,11H,1-2,5-7H2,(H,18,22)(H,17,19,20). The van der Waals surface area contributed by atoms with E-state index in [0.717, 1.165) is 29.8 Å². The van der Waals surface area contributed by atoms with E-state index in [9.17, 15) is 13.6 Å². The molecule has 118 valence electrons. The van der Waals surface area contributed by atoms with Gasteiger partial charge >= 0.3 is 0 Å². The number of carbonyl (C=O) groups excluding carboxylic acids is 1. The molecule has 22 heavy (non-hydrogen) atoms. The first kappa shape index (κ1) is 14.7. The van der Waals surface area contributed by atoms with Gasteiger partial charge in [0.1, 0.15) is 17.8 Å². The van der Waals surface area contributed by atoms with Gasteiger partial charge < -0.3 is 15.2 Å². The summed E-state index contributed by atoms with van der Waals surface area (Å²) in [7, 11) is 0. The average molecular weight is 309 g/mol. The summed E-state index contributed by atoms with van der Waals surface area (Å²) in [5, 5.41) is 3.20. The smallest absolute Gasteiger partial charge is 0.255 e. The molecule has 6 nitrogen and oxygen atoms in total. The zero-order chi connectivity index (χ0) is 15.5. The molecule has 0 radical (unpaired) electrons. The second-order valence-corrected chi connectivity index (χ2v) is 5.36. The van der Waals surface area contributed by atoms with Gasteiger partial charge in [0, 0.05) is 19.3 Å². The number of nitrogens with one attached hydrogen (secondary N) is 2. The quantitative estimate of drug-likeness (QED) is 0.899. The maximum atomic E-state index is 12.2. The van der Waals surface area contributed by atoms with E-state index >= 15 is 0 Å². The molecule has 3 heterocycles. The van der Waals surface area contributed by atoms with Crippen molar-refractivity contribution in [3.63, 3.8) is 0 Å². The van der Waals surface area contributed by atoms with Crippen LogP contribution in [0, 0.1) is 5.92 Å². The van der Waals surface area contributed by atoms with Crippen LogP contribution in [0.5, 0.6) is 0 Å². The lowest BCUT2D eigenvalue weighted by Gasteiger charge is -2.33. The van der Waals surface area contributed by atoms with Crippen molar-refractivity contribution < 1.29 is 13.6 Å². The van der Waals surface area contributed by atoms with Crippen LogP contribution in [0.2, 0.25) is 0 Å². The molecule has 0 saturated carbocycles. The highest BCUT2D eigenvalue weighted by Crippen LogP contribution is 2.27. The van der Waals surface area contributed by atoms with Gasteiger partial charge in [-0.3, -0.25) is 4.79 Å². The molecule has 1 aliphatic rings. The van der Waals surface area contributed by atoms with Crippen LogP contribution in [-0.2, 0) is 4.79 Å². The van der Waals surface area contributed by atoms with Gasteiger partial charge in [0.05, 0.1) is 17.8 Å². The molecule has 2 N–H and O–H groups in total. The van der Waals surface area contributed by atoms with Crippen LogP contribution in [-0.4, -0.2) is 46.9 Å². The summed E-state index contributed by atoms with van der Waals surface area (Å²) in [5.41, 5.74) is 0.745. The van der Waals surface area contributed by atoms with E-state index in [-0.39, 0.29) is 11.8 Å². The molecule has 0 bridgehead atoms. The van der Waals surface area contributed by atoms with Crippen LogP contribution < -0.4 is 10.2 Å². The van der Waals surface area contributed by atoms with E-state index in [0.29, 0.717) is 13.0 Å². The summed E-state index contributed by atoms with van der Waals surface area (Å²) < 4.78 is 24.4. The number of carbonyl (C=O) groups is 1. The third-order valence-electron chi connectivity index (χ3n) is 3.86. The fraction of sp³-hybridized carbons (Fsp3) is 0.500. The van der Waals surface area contributed by atoms with E-state index in [1.54, 1.807) is 6.20 Å². The number of amides is 1. The third kappa shape index (κ3) is 3.00. The van der Waals surface area contributed by atoms with Crippen molar-refractivity contribution in [2.24, 2.45) is 5.92 Å². The summed E-state index contributed by atoms with van der Waals surface area (Å²) in [4.78, 5) is 25.5. The van der Waals surface area contributed by atoms with Gasteiger partial charge in [-0.1, -0.05) is 0 Å². The summed E-state index contributed by atoms with van der Waals surface area (Å²) in [5.74, 6) is 0.165. The molecule has 0 aliphatic carbocycles. The summed E-state index contributed by atoms with van der Waals surface area (Å²) in [6, 6.07) is 1.89. The third-order valence-corrected chi connectivity index (χ3v) is 3.86. The van der Waals surface area contributed by atoms with Crippen molar-refractivity contribution in [3.05, 3.63) is 18.6 Å². The first-order chi connectivity index (χ1) is 10.6. The molecule has 0 spiro atoms. The van der Waals surface area contributed by atoms with Gasteiger partial charge in [-0.05, 0) is 18.9 Å². The number of halogens is 2.